The lowest BCUT2D eigenvalue weighted by Gasteiger charge is -2.28. The Balaban J connectivity index is 1.14. The highest BCUT2D eigenvalue weighted by Crippen LogP contribution is 2.34. The van der Waals surface area contributed by atoms with E-state index in [1.807, 2.05) is 24.3 Å². The van der Waals surface area contributed by atoms with Gasteiger partial charge in [-0.2, -0.15) is 4.98 Å². The van der Waals surface area contributed by atoms with E-state index in [4.69, 9.17) is 4.98 Å². The van der Waals surface area contributed by atoms with E-state index in [2.05, 4.69) is 41.0 Å². The smallest absolute Gasteiger partial charge is 0.404 e. The van der Waals surface area contributed by atoms with Gasteiger partial charge < -0.3 is 15.4 Å². The Bertz CT molecular complexity index is 1430. The molecule has 1 heterocycles. The number of ether oxygens (including phenoxy) is 1. The van der Waals surface area contributed by atoms with Crippen molar-refractivity contribution in [3.05, 3.63) is 46.9 Å². The summed E-state index contributed by atoms with van der Waals surface area (Å²) in [6, 6.07) is 11.8. The van der Waals surface area contributed by atoms with E-state index in [-0.39, 0.29) is 16.9 Å². The van der Waals surface area contributed by atoms with Crippen molar-refractivity contribution in [2.24, 2.45) is 11.8 Å². The molecule has 0 unspecified atom stereocenters. The number of anilines is 2. The zero-order valence-electron chi connectivity index (χ0n) is 21.0. The van der Waals surface area contributed by atoms with Crippen LogP contribution in [0.5, 0.6) is 5.75 Å². The van der Waals surface area contributed by atoms with Crippen LogP contribution in [0.15, 0.2) is 51.8 Å². The van der Waals surface area contributed by atoms with E-state index in [0.29, 0.717) is 24.5 Å². The Morgan fingerprint density at radius 2 is 1.64 bits per heavy atom. The van der Waals surface area contributed by atoms with E-state index in [1.54, 1.807) is 0 Å². The monoisotopic (exact) mass is 627 g/mol. The summed E-state index contributed by atoms with van der Waals surface area (Å²) in [6.45, 7) is 0.852. The second-order valence-corrected chi connectivity index (χ2v) is 12.7. The van der Waals surface area contributed by atoms with Crippen LogP contribution in [0.4, 0.5) is 24.9 Å². The van der Waals surface area contributed by atoms with Crippen LogP contribution < -0.4 is 20.1 Å². The van der Waals surface area contributed by atoms with Crippen molar-refractivity contribution in [1.82, 2.24) is 14.7 Å². The Morgan fingerprint density at radius 3 is 2.33 bits per heavy atom. The fourth-order valence-corrected chi connectivity index (χ4v) is 6.34. The highest BCUT2D eigenvalue weighted by atomic mass is 79.9. The molecule has 0 bridgehead atoms. The molecule has 3 aromatic rings. The number of sulfonamides is 1. The van der Waals surface area contributed by atoms with E-state index in [1.165, 1.54) is 6.07 Å². The number of benzene rings is 2. The number of aromatic nitrogens is 2. The Kier molecular flexibility index (Phi) is 8.20. The van der Waals surface area contributed by atoms with Gasteiger partial charge in [-0.3, -0.25) is 0 Å². The molecular formula is C26H29BrF3N5O3S. The molecule has 39 heavy (non-hydrogen) atoms. The molecule has 0 aliphatic heterocycles. The summed E-state index contributed by atoms with van der Waals surface area (Å²) in [5, 5.41) is 7.86. The van der Waals surface area contributed by atoms with Gasteiger partial charge in [0.2, 0.25) is 16.0 Å². The van der Waals surface area contributed by atoms with E-state index >= 15 is 0 Å². The van der Waals surface area contributed by atoms with Crippen LogP contribution in [0.25, 0.3) is 10.9 Å². The molecular weight excluding hydrogens is 599 g/mol. The van der Waals surface area contributed by atoms with Crippen molar-refractivity contribution in [3.8, 4) is 5.75 Å². The van der Waals surface area contributed by atoms with Gasteiger partial charge >= 0.3 is 6.36 Å². The number of rotatable bonds is 10. The largest absolute Gasteiger partial charge is 0.573 e. The molecule has 8 nitrogen and oxygen atoms in total. The fraction of sp³-hybridized carbons (Fsp3) is 0.462. The van der Waals surface area contributed by atoms with Gasteiger partial charge in [0.05, 0.1) is 5.52 Å². The van der Waals surface area contributed by atoms with Crippen LogP contribution in [-0.2, 0) is 10.0 Å². The van der Waals surface area contributed by atoms with Gasteiger partial charge in [-0.1, -0.05) is 28.1 Å². The molecule has 1 aromatic heterocycles. The number of alkyl halides is 3. The van der Waals surface area contributed by atoms with Crippen molar-refractivity contribution in [3.63, 3.8) is 0 Å². The van der Waals surface area contributed by atoms with E-state index < -0.39 is 27.0 Å². The molecule has 0 saturated heterocycles. The predicted molar refractivity (Wildman–Crippen MR) is 146 cm³/mol. The number of hydrogen-bond donors (Lipinski definition) is 3. The molecule has 2 aliphatic rings. The van der Waals surface area contributed by atoms with E-state index in [9.17, 15) is 21.6 Å². The van der Waals surface area contributed by atoms with Crippen LogP contribution in [0.1, 0.15) is 38.5 Å². The molecule has 0 radical (unpaired) electrons. The molecule has 0 spiro atoms. The highest BCUT2D eigenvalue weighted by Gasteiger charge is 2.34. The molecule has 3 N–H and O–H groups in total. The standard InChI is InChI=1S/C26H29BrF3N5O3S/c27-18-9-12-23(22(13-18)38-26(28,29)30)39(36,37)32-15-17-7-5-16(6-8-17)14-31-25-34-21-4-2-1-3-20(21)24(35-25)33-19-10-11-19/h1-4,9,12-13,16-17,19,32H,5-8,10-11,14-15H2,(H2,31,33,34,35). The highest BCUT2D eigenvalue weighted by molar-refractivity contribution is 9.10. The number of hydrogen-bond acceptors (Lipinski definition) is 7. The van der Waals surface area contributed by atoms with Crippen LogP contribution in [0, 0.1) is 11.8 Å². The second kappa shape index (κ2) is 11.5. The fourth-order valence-electron chi connectivity index (χ4n) is 4.78. The predicted octanol–water partition coefficient (Wildman–Crippen LogP) is 6.06. The Hall–Kier alpha value is -2.64. The first-order valence-corrected chi connectivity index (χ1v) is 15.2. The Labute approximate surface area is 233 Å². The van der Waals surface area contributed by atoms with Gasteiger partial charge in [0.15, 0.2) is 5.75 Å². The minimum absolute atomic E-state index is 0.0877. The summed E-state index contributed by atoms with van der Waals surface area (Å²) >= 11 is 3.05. The summed E-state index contributed by atoms with van der Waals surface area (Å²) < 4.78 is 70.7. The first-order valence-electron chi connectivity index (χ1n) is 12.9. The number of nitrogens with one attached hydrogen (secondary N) is 3. The maximum Gasteiger partial charge on any atom is 0.573 e. The summed E-state index contributed by atoms with van der Waals surface area (Å²) in [5.41, 5.74) is 0.878. The summed E-state index contributed by atoms with van der Waals surface area (Å²) in [4.78, 5) is 8.82. The molecule has 2 saturated carbocycles. The third kappa shape index (κ3) is 7.52. The molecule has 5 rings (SSSR count). The number of halogens is 4. The van der Waals surface area contributed by atoms with Gasteiger partial charge in [0.25, 0.3) is 0 Å². The zero-order chi connectivity index (χ0) is 27.6. The molecule has 2 aliphatic carbocycles. The van der Waals surface area contributed by atoms with Crippen LogP contribution in [-0.4, -0.2) is 43.9 Å². The minimum Gasteiger partial charge on any atom is -0.404 e. The molecule has 2 aromatic carbocycles. The van der Waals surface area contributed by atoms with Gasteiger partial charge in [-0.15, -0.1) is 13.2 Å². The normalized spacial score (nSPS) is 20.1. The summed E-state index contributed by atoms with van der Waals surface area (Å²) in [6.07, 6.45) is 0.660. The van der Waals surface area contributed by atoms with Gasteiger partial charge in [-0.05, 0) is 80.7 Å². The third-order valence-electron chi connectivity index (χ3n) is 7.02. The van der Waals surface area contributed by atoms with Crippen molar-refractivity contribution in [1.29, 1.82) is 0 Å². The van der Waals surface area contributed by atoms with Crippen LogP contribution in [0.3, 0.4) is 0 Å². The van der Waals surface area contributed by atoms with Crippen molar-refractivity contribution in [2.75, 3.05) is 23.7 Å². The van der Waals surface area contributed by atoms with Crippen molar-refractivity contribution in [2.45, 2.75) is 55.8 Å². The van der Waals surface area contributed by atoms with Gasteiger partial charge in [0, 0.05) is 29.0 Å². The quantitative estimate of drug-likeness (QED) is 0.251. The molecule has 0 amide bonds. The summed E-state index contributed by atoms with van der Waals surface area (Å²) in [7, 11) is -4.20. The summed E-state index contributed by atoms with van der Waals surface area (Å²) in [5.74, 6) is 1.12. The van der Waals surface area contributed by atoms with E-state index in [0.717, 1.165) is 67.4 Å². The maximum absolute atomic E-state index is 12.8. The second-order valence-electron chi connectivity index (χ2n) is 10.1. The molecule has 210 valence electrons. The SMILES string of the molecule is O=S(=O)(NCC1CCC(CNc2nc(NC3CC3)c3ccccc3n2)CC1)c1ccc(Br)cc1OC(F)(F)F. The molecule has 2 fully saturated rings. The zero-order valence-corrected chi connectivity index (χ0v) is 23.4. The number of para-hydroxylation sites is 1. The third-order valence-corrected chi connectivity index (χ3v) is 8.98. The number of nitrogens with zero attached hydrogens (tertiary/aromatic N) is 2. The minimum atomic E-state index is -5.01. The first-order chi connectivity index (χ1) is 18.6. The van der Waals surface area contributed by atoms with Crippen molar-refractivity contribution >= 4 is 48.6 Å². The number of fused-ring (bicyclic) bond motifs is 1. The van der Waals surface area contributed by atoms with Crippen LogP contribution >= 0.6 is 15.9 Å². The average Bonchev–Trinajstić information content (AvgIpc) is 3.70. The molecule has 13 heteroatoms. The average molecular weight is 629 g/mol. The van der Waals surface area contributed by atoms with Gasteiger partial charge in [0.1, 0.15) is 10.7 Å². The maximum atomic E-state index is 12.8. The molecule has 0 atom stereocenters. The lowest BCUT2D eigenvalue weighted by Crippen LogP contribution is -2.33. The Morgan fingerprint density at radius 1 is 0.949 bits per heavy atom. The first kappa shape index (κ1) is 27.9. The van der Waals surface area contributed by atoms with Gasteiger partial charge in [-0.25, -0.2) is 18.1 Å². The van der Waals surface area contributed by atoms with Crippen LogP contribution in [0.2, 0.25) is 0 Å². The van der Waals surface area contributed by atoms with Crippen molar-refractivity contribution < 1.29 is 26.3 Å². The lowest BCUT2D eigenvalue weighted by molar-refractivity contribution is -0.275. The topological polar surface area (TPSA) is 105 Å². The lowest BCUT2D eigenvalue weighted by atomic mass is 9.82.